The second kappa shape index (κ2) is 11.2. The van der Waals surface area contributed by atoms with E-state index in [4.69, 9.17) is 4.74 Å². The Morgan fingerprint density at radius 3 is 2.53 bits per heavy atom. The smallest absolute Gasteiger partial charge is 0.261 e. The van der Waals surface area contributed by atoms with Crippen molar-refractivity contribution in [2.45, 2.75) is 59.7 Å². The topological polar surface area (TPSA) is 58.6 Å². The summed E-state index contributed by atoms with van der Waals surface area (Å²) in [6.45, 7) is 9.84. The molecule has 5 nitrogen and oxygen atoms in total. The third-order valence-corrected chi connectivity index (χ3v) is 5.60. The number of halogens is 1. The van der Waals surface area contributed by atoms with Gasteiger partial charge >= 0.3 is 0 Å². The molecule has 0 radical (unpaired) electrons. The van der Waals surface area contributed by atoms with Crippen molar-refractivity contribution in [1.29, 1.82) is 0 Å². The molecule has 2 rings (SSSR count). The number of nitrogens with zero attached hydrogens (tertiary/aromatic N) is 1. The van der Waals surface area contributed by atoms with Crippen molar-refractivity contribution in [3.05, 3.63) is 63.6 Å². The van der Waals surface area contributed by atoms with Crippen molar-refractivity contribution in [3.8, 4) is 5.75 Å². The van der Waals surface area contributed by atoms with Crippen LogP contribution in [0, 0.1) is 13.8 Å². The number of benzene rings is 2. The molecule has 2 aromatic rings. The Bertz CT molecular complexity index is 885. The third kappa shape index (κ3) is 6.87. The SMILES string of the molecule is CC[C@H](C)NC(=O)[C@@H](C)N(Cc1cccc(Br)c1)C(=O)COc1cc(C)ccc1C. The van der Waals surface area contributed by atoms with Gasteiger partial charge in [-0.3, -0.25) is 9.59 Å². The molecule has 0 aliphatic heterocycles. The maximum absolute atomic E-state index is 13.1. The Hall–Kier alpha value is -2.34. The molecule has 6 heteroatoms. The first kappa shape index (κ1) is 23.9. The molecule has 2 aromatic carbocycles. The maximum Gasteiger partial charge on any atom is 0.261 e. The fourth-order valence-electron chi connectivity index (χ4n) is 2.97. The van der Waals surface area contributed by atoms with Crippen LogP contribution in [0.15, 0.2) is 46.9 Å². The van der Waals surface area contributed by atoms with E-state index in [1.807, 2.05) is 70.2 Å². The van der Waals surface area contributed by atoms with Crippen molar-refractivity contribution in [1.82, 2.24) is 10.2 Å². The fraction of sp³-hybridized carbons (Fsp3) is 0.417. The number of hydrogen-bond donors (Lipinski definition) is 1. The highest BCUT2D eigenvalue weighted by Crippen LogP contribution is 2.20. The van der Waals surface area contributed by atoms with Gasteiger partial charge in [-0.25, -0.2) is 0 Å². The van der Waals surface area contributed by atoms with Crippen LogP contribution in [0.25, 0.3) is 0 Å². The second-order valence-electron chi connectivity index (χ2n) is 7.70. The predicted molar refractivity (Wildman–Crippen MR) is 123 cm³/mol. The first-order chi connectivity index (χ1) is 14.2. The van der Waals surface area contributed by atoms with Gasteiger partial charge in [-0.05, 0) is 69.0 Å². The summed E-state index contributed by atoms with van der Waals surface area (Å²) >= 11 is 3.47. The highest BCUT2D eigenvalue weighted by atomic mass is 79.9. The van der Waals surface area contributed by atoms with Crippen LogP contribution in [0.3, 0.4) is 0 Å². The molecule has 30 heavy (non-hydrogen) atoms. The monoisotopic (exact) mass is 474 g/mol. The molecule has 162 valence electrons. The largest absolute Gasteiger partial charge is 0.483 e. The van der Waals surface area contributed by atoms with Gasteiger partial charge in [0.2, 0.25) is 5.91 Å². The van der Waals surface area contributed by atoms with Crippen molar-refractivity contribution in [2.75, 3.05) is 6.61 Å². The molecule has 0 aliphatic carbocycles. The summed E-state index contributed by atoms with van der Waals surface area (Å²) in [5.41, 5.74) is 2.97. The van der Waals surface area contributed by atoms with Crippen LogP contribution < -0.4 is 10.1 Å². The molecule has 0 aliphatic rings. The van der Waals surface area contributed by atoms with Gasteiger partial charge in [-0.1, -0.05) is 47.1 Å². The van der Waals surface area contributed by atoms with E-state index in [-0.39, 0.29) is 24.5 Å². The van der Waals surface area contributed by atoms with Gasteiger partial charge in [0.1, 0.15) is 11.8 Å². The van der Waals surface area contributed by atoms with Crippen molar-refractivity contribution in [3.63, 3.8) is 0 Å². The van der Waals surface area contributed by atoms with Crippen LogP contribution in [0.2, 0.25) is 0 Å². The number of hydrogen-bond acceptors (Lipinski definition) is 3. The number of ether oxygens (including phenoxy) is 1. The summed E-state index contributed by atoms with van der Waals surface area (Å²) < 4.78 is 6.75. The van der Waals surface area contributed by atoms with Crippen LogP contribution >= 0.6 is 15.9 Å². The van der Waals surface area contributed by atoms with Crippen molar-refractivity contribution >= 4 is 27.7 Å². The summed E-state index contributed by atoms with van der Waals surface area (Å²) in [5.74, 6) is 0.282. The molecule has 0 spiro atoms. The van der Waals surface area contributed by atoms with Gasteiger partial charge in [0.15, 0.2) is 6.61 Å². The third-order valence-electron chi connectivity index (χ3n) is 5.11. The molecule has 0 saturated carbocycles. The van der Waals surface area contributed by atoms with Crippen LogP contribution in [0.5, 0.6) is 5.75 Å². The Kier molecular flexibility index (Phi) is 8.90. The molecular formula is C24H31BrN2O3. The summed E-state index contributed by atoms with van der Waals surface area (Å²) in [7, 11) is 0. The number of amides is 2. The zero-order chi connectivity index (χ0) is 22.3. The molecule has 2 atom stereocenters. The Morgan fingerprint density at radius 1 is 1.13 bits per heavy atom. The summed E-state index contributed by atoms with van der Waals surface area (Å²) in [6, 6.07) is 13.1. The average molecular weight is 475 g/mol. The van der Waals surface area contributed by atoms with Crippen LogP contribution in [-0.4, -0.2) is 35.4 Å². The minimum Gasteiger partial charge on any atom is -0.483 e. The Balaban J connectivity index is 2.19. The van der Waals surface area contributed by atoms with E-state index in [2.05, 4.69) is 21.2 Å². The zero-order valence-electron chi connectivity index (χ0n) is 18.4. The van der Waals surface area contributed by atoms with Gasteiger partial charge in [0.25, 0.3) is 5.91 Å². The number of carbonyl (C=O) groups is 2. The van der Waals surface area contributed by atoms with E-state index in [9.17, 15) is 9.59 Å². The summed E-state index contributed by atoms with van der Waals surface area (Å²) in [6.07, 6.45) is 0.827. The standard InChI is InChI=1S/C24H31BrN2O3/c1-6-18(4)26-24(29)19(5)27(14-20-8-7-9-21(25)13-20)23(28)15-30-22-12-16(2)10-11-17(22)3/h7-13,18-19H,6,14-15H2,1-5H3,(H,26,29)/t18-,19+/m0/s1. The molecule has 1 N–H and O–H groups in total. The minimum atomic E-state index is -0.618. The first-order valence-corrected chi connectivity index (χ1v) is 11.0. The number of aryl methyl sites for hydroxylation is 2. The lowest BCUT2D eigenvalue weighted by Crippen LogP contribution is -2.50. The molecule has 2 amide bonds. The summed E-state index contributed by atoms with van der Waals surface area (Å²) in [4.78, 5) is 27.4. The van der Waals surface area contributed by atoms with E-state index in [1.54, 1.807) is 11.8 Å². The molecule has 0 bridgehead atoms. The van der Waals surface area contributed by atoms with Gasteiger partial charge in [0, 0.05) is 17.1 Å². The lowest BCUT2D eigenvalue weighted by Gasteiger charge is -2.29. The average Bonchev–Trinajstić information content (AvgIpc) is 2.71. The highest BCUT2D eigenvalue weighted by molar-refractivity contribution is 9.10. The van der Waals surface area contributed by atoms with E-state index < -0.39 is 6.04 Å². The molecule has 0 unspecified atom stereocenters. The molecule has 0 fully saturated rings. The first-order valence-electron chi connectivity index (χ1n) is 10.3. The second-order valence-corrected chi connectivity index (χ2v) is 8.62. The number of rotatable bonds is 9. The van der Waals surface area contributed by atoms with E-state index >= 15 is 0 Å². The normalized spacial score (nSPS) is 12.7. The molecule has 0 saturated heterocycles. The van der Waals surface area contributed by atoms with Crippen molar-refractivity contribution < 1.29 is 14.3 Å². The number of carbonyl (C=O) groups excluding carboxylic acids is 2. The highest BCUT2D eigenvalue weighted by Gasteiger charge is 2.27. The Morgan fingerprint density at radius 2 is 1.87 bits per heavy atom. The predicted octanol–water partition coefficient (Wildman–Crippen LogP) is 4.78. The van der Waals surface area contributed by atoms with Gasteiger partial charge < -0.3 is 15.0 Å². The van der Waals surface area contributed by atoms with E-state index in [0.29, 0.717) is 12.3 Å². The molecule has 0 heterocycles. The number of nitrogens with one attached hydrogen (secondary N) is 1. The van der Waals surface area contributed by atoms with Crippen LogP contribution in [0.1, 0.15) is 43.9 Å². The van der Waals surface area contributed by atoms with Gasteiger partial charge in [0.05, 0.1) is 0 Å². The van der Waals surface area contributed by atoms with Gasteiger partial charge in [-0.15, -0.1) is 0 Å². The van der Waals surface area contributed by atoms with Gasteiger partial charge in [-0.2, -0.15) is 0 Å². The van der Waals surface area contributed by atoms with Crippen LogP contribution in [0.4, 0.5) is 0 Å². The quantitative estimate of drug-likeness (QED) is 0.568. The zero-order valence-corrected chi connectivity index (χ0v) is 20.0. The lowest BCUT2D eigenvalue weighted by atomic mass is 10.1. The van der Waals surface area contributed by atoms with Crippen LogP contribution in [-0.2, 0) is 16.1 Å². The van der Waals surface area contributed by atoms with E-state index in [1.165, 1.54) is 0 Å². The molecular weight excluding hydrogens is 444 g/mol. The minimum absolute atomic E-state index is 0.0500. The molecule has 0 aromatic heterocycles. The van der Waals surface area contributed by atoms with E-state index in [0.717, 1.165) is 27.6 Å². The van der Waals surface area contributed by atoms with Crippen molar-refractivity contribution in [2.24, 2.45) is 0 Å². The summed E-state index contributed by atoms with van der Waals surface area (Å²) in [5, 5.41) is 2.97. The Labute approximate surface area is 187 Å². The fourth-order valence-corrected chi connectivity index (χ4v) is 3.41. The lowest BCUT2D eigenvalue weighted by molar-refractivity contribution is -0.142. The maximum atomic E-state index is 13.1.